The van der Waals surface area contributed by atoms with E-state index in [0.717, 1.165) is 17.0 Å². The SMILES string of the molecule is CC(=C/C(=O)O)/C(=C/c1ccc2ccccc2n1)C(=O)O. The zero-order valence-electron chi connectivity index (χ0n) is 11.3. The Labute approximate surface area is 120 Å². The van der Waals surface area contributed by atoms with Crippen LogP contribution in [-0.2, 0) is 9.59 Å². The number of hydrogen-bond donors (Lipinski definition) is 2. The Bertz CT molecular complexity index is 775. The van der Waals surface area contributed by atoms with Gasteiger partial charge in [0.15, 0.2) is 0 Å². The van der Waals surface area contributed by atoms with E-state index in [4.69, 9.17) is 5.11 Å². The molecule has 0 unspecified atom stereocenters. The van der Waals surface area contributed by atoms with Crippen molar-refractivity contribution >= 4 is 28.9 Å². The number of carboxylic acid groups (broad SMARTS) is 2. The normalized spacial score (nSPS) is 12.4. The van der Waals surface area contributed by atoms with Gasteiger partial charge in [-0.15, -0.1) is 0 Å². The van der Waals surface area contributed by atoms with Gasteiger partial charge >= 0.3 is 11.9 Å². The summed E-state index contributed by atoms with van der Waals surface area (Å²) >= 11 is 0. The summed E-state index contributed by atoms with van der Waals surface area (Å²) in [4.78, 5) is 26.3. The molecule has 106 valence electrons. The molecule has 0 bridgehead atoms. The summed E-state index contributed by atoms with van der Waals surface area (Å²) in [6.07, 6.45) is 2.23. The first kappa shape index (κ1) is 14.5. The average Bonchev–Trinajstić information content (AvgIpc) is 2.43. The van der Waals surface area contributed by atoms with E-state index in [0.29, 0.717) is 5.69 Å². The Balaban J connectivity index is 2.49. The zero-order chi connectivity index (χ0) is 15.4. The van der Waals surface area contributed by atoms with Gasteiger partial charge in [0, 0.05) is 11.5 Å². The molecule has 1 heterocycles. The molecular formula is C16H13NO4. The molecule has 0 amide bonds. The van der Waals surface area contributed by atoms with Crippen molar-refractivity contribution < 1.29 is 19.8 Å². The van der Waals surface area contributed by atoms with Gasteiger partial charge in [-0.1, -0.05) is 24.3 Å². The summed E-state index contributed by atoms with van der Waals surface area (Å²) in [5.41, 5.74) is 1.27. The van der Waals surface area contributed by atoms with Crippen LogP contribution >= 0.6 is 0 Å². The Morgan fingerprint density at radius 3 is 2.48 bits per heavy atom. The fourth-order valence-corrected chi connectivity index (χ4v) is 1.92. The van der Waals surface area contributed by atoms with Crippen molar-refractivity contribution in [2.75, 3.05) is 0 Å². The molecule has 0 saturated carbocycles. The summed E-state index contributed by atoms with van der Waals surface area (Å²) < 4.78 is 0. The highest BCUT2D eigenvalue weighted by Crippen LogP contribution is 2.17. The number of pyridine rings is 1. The first-order valence-corrected chi connectivity index (χ1v) is 6.20. The number of hydrogen-bond acceptors (Lipinski definition) is 3. The van der Waals surface area contributed by atoms with Crippen LogP contribution in [-0.4, -0.2) is 27.1 Å². The van der Waals surface area contributed by atoms with Gasteiger partial charge in [0.1, 0.15) is 0 Å². The minimum atomic E-state index is -1.19. The number of carboxylic acids is 2. The second kappa shape index (κ2) is 6.00. The van der Waals surface area contributed by atoms with Crippen LogP contribution in [0.25, 0.3) is 17.0 Å². The van der Waals surface area contributed by atoms with E-state index in [1.807, 2.05) is 30.3 Å². The number of rotatable bonds is 4. The van der Waals surface area contributed by atoms with Gasteiger partial charge in [-0.3, -0.25) is 0 Å². The molecule has 21 heavy (non-hydrogen) atoms. The third-order valence-corrected chi connectivity index (χ3v) is 2.91. The molecule has 5 nitrogen and oxygen atoms in total. The van der Waals surface area contributed by atoms with E-state index in [1.54, 1.807) is 6.07 Å². The summed E-state index contributed by atoms with van der Waals surface area (Å²) in [7, 11) is 0. The van der Waals surface area contributed by atoms with Crippen molar-refractivity contribution in [1.82, 2.24) is 4.98 Å². The first-order chi connectivity index (χ1) is 9.97. The summed E-state index contributed by atoms with van der Waals surface area (Å²) in [5, 5.41) is 18.9. The summed E-state index contributed by atoms with van der Waals surface area (Å²) in [6.45, 7) is 1.44. The Hall–Kier alpha value is -2.95. The van der Waals surface area contributed by atoms with Gasteiger partial charge in [-0.25, -0.2) is 14.6 Å². The molecule has 0 aliphatic rings. The maximum Gasteiger partial charge on any atom is 0.336 e. The maximum atomic E-state index is 11.3. The third kappa shape index (κ3) is 3.54. The number of carbonyl (C=O) groups is 2. The number of aliphatic carboxylic acids is 2. The predicted octanol–water partition coefficient (Wildman–Crippen LogP) is 2.73. The van der Waals surface area contributed by atoms with Gasteiger partial charge in [0.25, 0.3) is 0 Å². The van der Waals surface area contributed by atoms with Crippen LogP contribution in [0.4, 0.5) is 0 Å². The largest absolute Gasteiger partial charge is 0.478 e. The van der Waals surface area contributed by atoms with E-state index in [1.165, 1.54) is 13.0 Å². The van der Waals surface area contributed by atoms with Crippen molar-refractivity contribution in [3.05, 3.63) is 59.3 Å². The van der Waals surface area contributed by atoms with Crippen molar-refractivity contribution in [3.8, 4) is 0 Å². The van der Waals surface area contributed by atoms with Gasteiger partial charge < -0.3 is 10.2 Å². The lowest BCUT2D eigenvalue weighted by Crippen LogP contribution is -2.04. The molecule has 1 aromatic heterocycles. The fourth-order valence-electron chi connectivity index (χ4n) is 1.92. The van der Waals surface area contributed by atoms with Gasteiger partial charge in [0.05, 0.1) is 16.8 Å². The Kier molecular flexibility index (Phi) is 4.13. The van der Waals surface area contributed by atoms with E-state index in [-0.39, 0.29) is 11.1 Å². The van der Waals surface area contributed by atoms with Gasteiger partial charge in [-0.2, -0.15) is 0 Å². The van der Waals surface area contributed by atoms with Crippen LogP contribution in [0.5, 0.6) is 0 Å². The summed E-state index contributed by atoms with van der Waals surface area (Å²) in [6, 6.07) is 11.0. The summed E-state index contributed by atoms with van der Waals surface area (Å²) in [5.74, 6) is -2.38. The predicted molar refractivity (Wildman–Crippen MR) is 78.7 cm³/mol. The number of nitrogens with zero attached hydrogens (tertiary/aromatic N) is 1. The highest BCUT2D eigenvalue weighted by molar-refractivity contribution is 5.99. The van der Waals surface area contributed by atoms with Crippen LogP contribution in [0.3, 0.4) is 0 Å². The van der Waals surface area contributed by atoms with Crippen molar-refractivity contribution in [3.63, 3.8) is 0 Å². The van der Waals surface area contributed by atoms with E-state index in [9.17, 15) is 14.7 Å². The second-order valence-electron chi connectivity index (χ2n) is 4.46. The molecule has 0 radical (unpaired) electrons. The lowest BCUT2D eigenvalue weighted by atomic mass is 10.1. The van der Waals surface area contributed by atoms with E-state index >= 15 is 0 Å². The average molecular weight is 283 g/mol. The molecule has 2 aromatic rings. The molecule has 0 saturated heterocycles. The fraction of sp³-hybridized carbons (Fsp3) is 0.0625. The minimum Gasteiger partial charge on any atom is -0.478 e. The molecule has 2 N–H and O–H groups in total. The van der Waals surface area contributed by atoms with Gasteiger partial charge in [0.2, 0.25) is 0 Å². The smallest absolute Gasteiger partial charge is 0.336 e. The van der Waals surface area contributed by atoms with E-state index in [2.05, 4.69) is 4.98 Å². The lowest BCUT2D eigenvalue weighted by molar-refractivity contribution is -0.132. The number of para-hydroxylation sites is 1. The molecule has 0 fully saturated rings. The van der Waals surface area contributed by atoms with E-state index < -0.39 is 11.9 Å². The number of benzene rings is 1. The van der Waals surface area contributed by atoms with Crippen molar-refractivity contribution in [1.29, 1.82) is 0 Å². The number of aromatic nitrogens is 1. The highest BCUT2D eigenvalue weighted by atomic mass is 16.4. The molecule has 2 rings (SSSR count). The monoisotopic (exact) mass is 283 g/mol. The number of fused-ring (bicyclic) bond motifs is 1. The molecular weight excluding hydrogens is 270 g/mol. The molecule has 1 aromatic carbocycles. The first-order valence-electron chi connectivity index (χ1n) is 6.20. The maximum absolute atomic E-state index is 11.3. The van der Waals surface area contributed by atoms with Crippen LogP contribution in [0, 0.1) is 0 Å². The van der Waals surface area contributed by atoms with Crippen LogP contribution in [0.1, 0.15) is 12.6 Å². The Morgan fingerprint density at radius 2 is 1.81 bits per heavy atom. The molecule has 0 atom stereocenters. The van der Waals surface area contributed by atoms with Crippen LogP contribution < -0.4 is 0 Å². The standard InChI is InChI=1S/C16H13NO4/c1-10(8-15(18)19)13(16(20)21)9-12-7-6-11-4-2-3-5-14(11)17-12/h2-9H,1H3,(H,18,19)(H,20,21)/b10-8-,13-9-. The highest BCUT2D eigenvalue weighted by Gasteiger charge is 2.11. The quantitative estimate of drug-likeness (QED) is 0.665. The lowest BCUT2D eigenvalue weighted by Gasteiger charge is -2.03. The zero-order valence-corrected chi connectivity index (χ0v) is 11.3. The molecule has 0 aliphatic carbocycles. The molecule has 0 spiro atoms. The second-order valence-corrected chi connectivity index (χ2v) is 4.46. The Morgan fingerprint density at radius 1 is 1.10 bits per heavy atom. The van der Waals surface area contributed by atoms with Crippen LogP contribution in [0.15, 0.2) is 53.6 Å². The van der Waals surface area contributed by atoms with Gasteiger partial charge in [-0.05, 0) is 30.7 Å². The third-order valence-electron chi connectivity index (χ3n) is 2.91. The topological polar surface area (TPSA) is 87.5 Å². The minimum absolute atomic E-state index is 0.0971. The molecule has 5 heteroatoms. The molecule has 0 aliphatic heterocycles. The van der Waals surface area contributed by atoms with Crippen LogP contribution in [0.2, 0.25) is 0 Å². The van der Waals surface area contributed by atoms with Crippen molar-refractivity contribution in [2.45, 2.75) is 6.92 Å². The van der Waals surface area contributed by atoms with Crippen molar-refractivity contribution in [2.24, 2.45) is 0 Å².